The number of benzene rings is 1. The van der Waals surface area contributed by atoms with Crippen LogP contribution in [0.2, 0.25) is 0 Å². The lowest BCUT2D eigenvalue weighted by molar-refractivity contribution is -0.00230. The van der Waals surface area contributed by atoms with Gasteiger partial charge in [0.2, 0.25) is 0 Å². The molecule has 0 aliphatic carbocycles. The molecule has 0 aromatic heterocycles. The Balaban J connectivity index is 0.00000220. The summed E-state index contributed by atoms with van der Waals surface area (Å²) in [5.74, 6) is 0.626. The van der Waals surface area contributed by atoms with E-state index in [0.29, 0.717) is 23.3 Å². The number of carbonyl (C=O) groups is 1. The smallest absolute Gasteiger partial charge is 0.253 e. The maximum atomic E-state index is 12.4. The normalized spacial score (nSPS) is 15.9. The maximum absolute atomic E-state index is 12.4. The molecule has 0 unspecified atom stereocenters. The second kappa shape index (κ2) is 8.25. The zero-order valence-corrected chi connectivity index (χ0v) is 13.6. The number of piperidine rings is 1. The van der Waals surface area contributed by atoms with Gasteiger partial charge in [0.15, 0.2) is 0 Å². The molecule has 1 amide bonds. The van der Waals surface area contributed by atoms with E-state index in [-0.39, 0.29) is 18.3 Å². The first-order chi connectivity index (χ1) is 9.56. The van der Waals surface area contributed by atoms with Crippen molar-refractivity contribution in [3.63, 3.8) is 0 Å². The van der Waals surface area contributed by atoms with Gasteiger partial charge in [0.05, 0.1) is 6.10 Å². The highest BCUT2D eigenvalue weighted by molar-refractivity contribution is 5.95. The number of likely N-dealkylation sites (tertiary alicyclic amines) is 1. The third-order valence-corrected chi connectivity index (χ3v) is 3.53. The molecule has 21 heavy (non-hydrogen) atoms. The highest BCUT2D eigenvalue weighted by atomic mass is 35.5. The topological polar surface area (TPSA) is 55.6 Å². The Hall–Kier alpha value is -1.26. The van der Waals surface area contributed by atoms with E-state index in [0.717, 1.165) is 32.5 Å². The summed E-state index contributed by atoms with van der Waals surface area (Å²) in [6.07, 6.45) is 2.13. The van der Waals surface area contributed by atoms with E-state index in [1.54, 1.807) is 12.1 Å². The average Bonchev–Trinajstić information content (AvgIpc) is 2.45. The zero-order chi connectivity index (χ0) is 14.5. The van der Waals surface area contributed by atoms with E-state index in [1.807, 2.05) is 17.0 Å². The van der Waals surface area contributed by atoms with Crippen molar-refractivity contribution in [1.29, 1.82) is 0 Å². The number of nitrogens with two attached hydrogens (primary N) is 1. The van der Waals surface area contributed by atoms with Crippen LogP contribution in [-0.4, -0.2) is 36.6 Å². The largest absolute Gasteiger partial charge is 0.399 e. The van der Waals surface area contributed by atoms with Crippen molar-refractivity contribution in [3.8, 4) is 0 Å². The lowest BCUT2D eigenvalue weighted by Gasteiger charge is -2.32. The van der Waals surface area contributed by atoms with Gasteiger partial charge in [0, 0.05) is 30.9 Å². The first kappa shape index (κ1) is 17.8. The Bertz CT molecular complexity index is 457. The summed E-state index contributed by atoms with van der Waals surface area (Å²) in [6.45, 7) is 6.62. The fourth-order valence-electron chi connectivity index (χ4n) is 2.41. The quantitative estimate of drug-likeness (QED) is 0.870. The standard InChI is InChI=1S/C16H24N2O2.ClH/c1-12(2)11-20-15-6-8-18(9-7-15)16(19)13-4-3-5-14(17)10-13;/h3-5,10,12,15H,6-9,11,17H2,1-2H3;1H. The minimum absolute atomic E-state index is 0. The number of halogens is 1. The van der Waals surface area contributed by atoms with Crippen LogP contribution in [-0.2, 0) is 4.74 Å². The molecule has 2 rings (SSSR count). The third kappa shape index (κ3) is 5.21. The molecule has 2 N–H and O–H groups in total. The second-order valence-electron chi connectivity index (χ2n) is 5.84. The zero-order valence-electron chi connectivity index (χ0n) is 12.7. The molecule has 1 heterocycles. The van der Waals surface area contributed by atoms with Gasteiger partial charge >= 0.3 is 0 Å². The molecule has 118 valence electrons. The first-order valence-corrected chi connectivity index (χ1v) is 7.32. The van der Waals surface area contributed by atoms with Gasteiger partial charge in [-0.1, -0.05) is 19.9 Å². The molecule has 0 spiro atoms. The molecule has 1 aromatic carbocycles. The summed E-state index contributed by atoms with van der Waals surface area (Å²) in [5, 5.41) is 0. The van der Waals surface area contributed by atoms with Crippen LogP contribution in [0.3, 0.4) is 0 Å². The predicted molar refractivity (Wildman–Crippen MR) is 87.8 cm³/mol. The van der Waals surface area contributed by atoms with Crippen LogP contribution in [0.15, 0.2) is 24.3 Å². The van der Waals surface area contributed by atoms with E-state index in [1.165, 1.54) is 0 Å². The number of amides is 1. The molecule has 0 bridgehead atoms. The summed E-state index contributed by atoms with van der Waals surface area (Å²) in [5.41, 5.74) is 7.03. The Morgan fingerprint density at radius 1 is 1.38 bits per heavy atom. The Morgan fingerprint density at radius 2 is 2.05 bits per heavy atom. The van der Waals surface area contributed by atoms with Crippen molar-refractivity contribution < 1.29 is 9.53 Å². The number of nitrogens with zero attached hydrogens (tertiary/aromatic N) is 1. The molecule has 5 heteroatoms. The van der Waals surface area contributed by atoms with E-state index in [2.05, 4.69) is 13.8 Å². The van der Waals surface area contributed by atoms with Crippen LogP contribution < -0.4 is 5.73 Å². The van der Waals surface area contributed by atoms with Crippen molar-refractivity contribution in [2.24, 2.45) is 5.92 Å². The lowest BCUT2D eigenvalue weighted by atomic mass is 10.1. The van der Waals surface area contributed by atoms with Crippen molar-refractivity contribution in [2.75, 3.05) is 25.4 Å². The second-order valence-corrected chi connectivity index (χ2v) is 5.84. The van der Waals surface area contributed by atoms with E-state index < -0.39 is 0 Å². The number of carbonyl (C=O) groups excluding carboxylic acids is 1. The van der Waals surface area contributed by atoms with Crippen molar-refractivity contribution in [3.05, 3.63) is 29.8 Å². The average molecular weight is 313 g/mol. The van der Waals surface area contributed by atoms with Crippen LogP contribution in [0.1, 0.15) is 37.0 Å². The number of anilines is 1. The van der Waals surface area contributed by atoms with E-state index in [4.69, 9.17) is 10.5 Å². The van der Waals surface area contributed by atoms with E-state index >= 15 is 0 Å². The summed E-state index contributed by atoms with van der Waals surface area (Å²) in [6, 6.07) is 7.17. The molecule has 4 nitrogen and oxygen atoms in total. The van der Waals surface area contributed by atoms with Gasteiger partial charge in [-0.15, -0.1) is 12.4 Å². The molecule has 1 aliphatic rings. The molecular formula is C16H25ClN2O2. The van der Waals surface area contributed by atoms with Gasteiger partial charge in [-0.3, -0.25) is 4.79 Å². The van der Waals surface area contributed by atoms with Gasteiger partial charge in [-0.05, 0) is 37.0 Å². The highest BCUT2D eigenvalue weighted by Gasteiger charge is 2.24. The number of hydrogen-bond donors (Lipinski definition) is 1. The van der Waals surface area contributed by atoms with Crippen molar-refractivity contribution in [1.82, 2.24) is 4.90 Å². The third-order valence-electron chi connectivity index (χ3n) is 3.53. The minimum atomic E-state index is 0. The monoisotopic (exact) mass is 312 g/mol. The fourth-order valence-corrected chi connectivity index (χ4v) is 2.41. The first-order valence-electron chi connectivity index (χ1n) is 7.32. The molecule has 0 radical (unpaired) electrons. The SMILES string of the molecule is CC(C)COC1CCN(C(=O)c2cccc(N)c2)CC1.Cl. The van der Waals surface area contributed by atoms with Crippen LogP contribution in [0, 0.1) is 5.92 Å². The molecular weight excluding hydrogens is 288 g/mol. The van der Waals surface area contributed by atoms with Gasteiger partial charge in [0.1, 0.15) is 0 Å². The van der Waals surface area contributed by atoms with Crippen LogP contribution in [0.5, 0.6) is 0 Å². The number of rotatable bonds is 4. The van der Waals surface area contributed by atoms with Crippen molar-refractivity contribution in [2.45, 2.75) is 32.8 Å². The summed E-state index contributed by atoms with van der Waals surface area (Å²) in [7, 11) is 0. The van der Waals surface area contributed by atoms with Gasteiger partial charge < -0.3 is 15.4 Å². The Kier molecular flexibility index (Phi) is 6.99. The van der Waals surface area contributed by atoms with Crippen LogP contribution in [0.25, 0.3) is 0 Å². The minimum Gasteiger partial charge on any atom is -0.399 e. The van der Waals surface area contributed by atoms with E-state index in [9.17, 15) is 4.79 Å². The summed E-state index contributed by atoms with van der Waals surface area (Å²) >= 11 is 0. The van der Waals surface area contributed by atoms with Gasteiger partial charge in [-0.25, -0.2) is 0 Å². The summed E-state index contributed by atoms with van der Waals surface area (Å²) in [4.78, 5) is 14.2. The Morgan fingerprint density at radius 3 is 2.62 bits per heavy atom. The van der Waals surface area contributed by atoms with Gasteiger partial charge in [0.25, 0.3) is 5.91 Å². The van der Waals surface area contributed by atoms with Crippen molar-refractivity contribution >= 4 is 24.0 Å². The fraction of sp³-hybridized carbons (Fsp3) is 0.562. The molecule has 0 atom stereocenters. The predicted octanol–water partition coefficient (Wildman–Crippen LogP) is 2.97. The molecule has 1 aliphatic heterocycles. The highest BCUT2D eigenvalue weighted by Crippen LogP contribution is 2.18. The maximum Gasteiger partial charge on any atom is 0.253 e. The lowest BCUT2D eigenvalue weighted by Crippen LogP contribution is -2.41. The molecule has 0 saturated carbocycles. The van der Waals surface area contributed by atoms with Crippen LogP contribution >= 0.6 is 12.4 Å². The molecule has 1 fully saturated rings. The number of ether oxygens (including phenoxy) is 1. The molecule has 1 saturated heterocycles. The molecule has 1 aromatic rings. The Labute approximate surface area is 133 Å². The van der Waals surface area contributed by atoms with Crippen LogP contribution in [0.4, 0.5) is 5.69 Å². The number of hydrogen-bond acceptors (Lipinski definition) is 3. The summed E-state index contributed by atoms with van der Waals surface area (Å²) < 4.78 is 5.84. The van der Waals surface area contributed by atoms with Gasteiger partial charge in [-0.2, -0.15) is 0 Å². The number of nitrogen functional groups attached to an aromatic ring is 1.